The number of hydrogen-bond donors (Lipinski definition) is 0. The molecule has 1 saturated heterocycles. The number of carbonyl (C=O) groups is 2. The Morgan fingerprint density at radius 2 is 1.62 bits per heavy atom. The van der Waals surface area contributed by atoms with Crippen LogP contribution >= 0.6 is 0 Å². The normalized spacial score (nSPS) is 15.0. The van der Waals surface area contributed by atoms with Crippen LogP contribution in [0.5, 0.6) is 5.75 Å². The highest BCUT2D eigenvalue weighted by Gasteiger charge is 2.23. The average molecular weight is 290 g/mol. The zero-order valence-corrected chi connectivity index (χ0v) is 12.7. The minimum absolute atomic E-state index is 0.0141. The number of piperazine rings is 1. The first-order valence-electron chi connectivity index (χ1n) is 7.39. The van der Waals surface area contributed by atoms with Gasteiger partial charge in [0.25, 0.3) is 5.91 Å². The summed E-state index contributed by atoms with van der Waals surface area (Å²) in [6, 6.07) is 7.25. The molecule has 0 aromatic heterocycles. The molecule has 2 amide bonds. The molecule has 21 heavy (non-hydrogen) atoms. The van der Waals surface area contributed by atoms with Gasteiger partial charge in [-0.3, -0.25) is 9.59 Å². The van der Waals surface area contributed by atoms with E-state index in [9.17, 15) is 9.59 Å². The summed E-state index contributed by atoms with van der Waals surface area (Å²) in [6.07, 6.45) is 0.959. The number of rotatable bonds is 4. The summed E-state index contributed by atoms with van der Waals surface area (Å²) < 4.78 is 5.51. The summed E-state index contributed by atoms with van der Waals surface area (Å²) in [5, 5.41) is 0. The standard InChI is InChI=1S/C16H22N2O3/c1-3-12-21-15-6-4-14(5-7-15)16(20)18-10-8-17(9-11-18)13(2)19/h4-7H,3,8-12H2,1-2H3. The minimum atomic E-state index is 0.0141. The molecule has 1 aliphatic heterocycles. The van der Waals surface area contributed by atoms with Crippen molar-refractivity contribution >= 4 is 11.8 Å². The van der Waals surface area contributed by atoms with Crippen LogP contribution in [-0.4, -0.2) is 54.4 Å². The molecule has 0 radical (unpaired) electrons. The quantitative estimate of drug-likeness (QED) is 0.849. The number of ether oxygens (including phenoxy) is 1. The van der Waals surface area contributed by atoms with Gasteiger partial charge in [0.05, 0.1) is 6.61 Å². The van der Waals surface area contributed by atoms with E-state index >= 15 is 0 Å². The number of benzene rings is 1. The van der Waals surface area contributed by atoms with Crippen LogP contribution in [0.4, 0.5) is 0 Å². The fourth-order valence-electron chi connectivity index (χ4n) is 2.32. The highest BCUT2D eigenvalue weighted by Crippen LogP contribution is 2.15. The van der Waals surface area contributed by atoms with Crippen molar-refractivity contribution in [2.75, 3.05) is 32.8 Å². The largest absolute Gasteiger partial charge is 0.494 e. The summed E-state index contributed by atoms with van der Waals surface area (Å²) in [4.78, 5) is 27.2. The first kappa shape index (κ1) is 15.4. The topological polar surface area (TPSA) is 49.9 Å². The number of amides is 2. The van der Waals surface area contributed by atoms with Gasteiger partial charge in [-0.1, -0.05) is 6.92 Å². The van der Waals surface area contributed by atoms with E-state index in [-0.39, 0.29) is 11.8 Å². The molecule has 5 heteroatoms. The van der Waals surface area contributed by atoms with Crippen molar-refractivity contribution < 1.29 is 14.3 Å². The van der Waals surface area contributed by atoms with Crippen LogP contribution < -0.4 is 4.74 Å². The fraction of sp³-hybridized carbons (Fsp3) is 0.500. The predicted molar refractivity (Wildman–Crippen MR) is 80.4 cm³/mol. The van der Waals surface area contributed by atoms with Crippen LogP contribution in [0.15, 0.2) is 24.3 Å². The summed E-state index contributed by atoms with van der Waals surface area (Å²) in [7, 11) is 0. The Morgan fingerprint density at radius 3 is 2.14 bits per heavy atom. The second-order valence-corrected chi connectivity index (χ2v) is 5.17. The van der Waals surface area contributed by atoms with Crippen molar-refractivity contribution in [2.45, 2.75) is 20.3 Å². The Labute approximate surface area is 125 Å². The number of nitrogens with zero attached hydrogens (tertiary/aromatic N) is 2. The lowest BCUT2D eigenvalue weighted by atomic mass is 10.1. The molecule has 1 fully saturated rings. The average Bonchev–Trinajstić information content (AvgIpc) is 2.53. The number of hydrogen-bond acceptors (Lipinski definition) is 3. The molecule has 114 valence electrons. The van der Waals surface area contributed by atoms with Gasteiger partial charge in [0.1, 0.15) is 5.75 Å². The van der Waals surface area contributed by atoms with Crippen LogP contribution in [0, 0.1) is 0 Å². The van der Waals surface area contributed by atoms with E-state index in [1.807, 2.05) is 12.1 Å². The first-order chi connectivity index (χ1) is 10.1. The SMILES string of the molecule is CCCOc1ccc(C(=O)N2CCN(C(C)=O)CC2)cc1. The van der Waals surface area contributed by atoms with E-state index in [1.165, 1.54) is 0 Å². The Bertz CT molecular complexity index is 491. The van der Waals surface area contributed by atoms with E-state index in [4.69, 9.17) is 4.74 Å². The molecule has 0 aliphatic carbocycles. The monoisotopic (exact) mass is 290 g/mol. The molecule has 1 aromatic rings. The molecule has 0 saturated carbocycles. The third-order valence-corrected chi connectivity index (χ3v) is 3.59. The lowest BCUT2D eigenvalue weighted by Gasteiger charge is -2.34. The molecule has 5 nitrogen and oxygen atoms in total. The van der Waals surface area contributed by atoms with Crippen molar-refractivity contribution in [1.82, 2.24) is 9.80 Å². The van der Waals surface area contributed by atoms with Gasteiger partial charge in [-0.2, -0.15) is 0 Å². The Balaban J connectivity index is 1.93. The minimum Gasteiger partial charge on any atom is -0.494 e. The highest BCUT2D eigenvalue weighted by atomic mass is 16.5. The Hall–Kier alpha value is -2.04. The molecule has 2 rings (SSSR count). The van der Waals surface area contributed by atoms with Crippen LogP contribution in [0.2, 0.25) is 0 Å². The molecule has 0 unspecified atom stereocenters. The first-order valence-corrected chi connectivity index (χ1v) is 7.39. The lowest BCUT2D eigenvalue weighted by molar-refractivity contribution is -0.130. The van der Waals surface area contributed by atoms with E-state index in [1.54, 1.807) is 28.9 Å². The van der Waals surface area contributed by atoms with Crippen LogP contribution in [0.25, 0.3) is 0 Å². The van der Waals surface area contributed by atoms with Gasteiger partial charge in [-0.05, 0) is 30.7 Å². The van der Waals surface area contributed by atoms with Crippen molar-refractivity contribution in [3.8, 4) is 5.75 Å². The molecule has 1 heterocycles. The third kappa shape index (κ3) is 3.97. The third-order valence-electron chi connectivity index (χ3n) is 3.59. The maximum absolute atomic E-state index is 12.4. The fourth-order valence-corrected chi connectivity index (χ4v) is 2.32. The smallest absolute Gasteiger partial charge is 0.253 e. The molecular weight excluding hydrogens is 268 g/mol. The Morgan fingerprint density at radius 1 is 1.05 bits per heavy atom. The van der Waals surface area contributed by atoms with Crippen LogP contribution in [-0.2, 0) is 4.79 Å². The van der Waals surface area contributed by atoms with E-state index in [2.05, 4.69) is 6.92 Å². The summed E-state index contributed by atoms with van der Waals surface area (Å²) in [5.74, 6) is 0.870. The van der Waals surface area contributed by atoms with Crippen molar-refractivity contribution in [3.63, 3.8) is 0 Å². The van der Waals surface area contributed by atoms with Gasteiger partial charge < -0.3 is 14.5 Å². The van der Waals surface area contributed by atoms with Crippen LogP contribution in [0.1, 0.15) is 30.6 Å². The molecule has 0 N–H and O–H groups in total. The van der Waals surface area contributed by atoms with Gasteiger partial charge >= 0.3 is 0 Å². The summed E-state index contributed by atoms with van der Waals surface area (Å²) in [5.41, 5.74) is 0.662. The Kier molecular flexibility index (Phi) is 5.20. The van der Waals surface area contributed by atoms with Crippen molar-refractivity contribution in [1.29, 1.82) is 0 Å². The van der Waals surface area contributed by atoms with Gasteiger partial charge in [-0.25, -0.2) is 0 Å². The second kappa shape index (κ2) is 7.11. The van der Waals surface area contributed by atoms with E-state index < -0.39 is 0 Å². The second-order valence-electron chi connectivity index (χ2n) is 5.17. The molecule has 0 spiro atoms. The molecule has 1 aliphatic rings. The van der Waals surface area contributed by atoms with Gasteiger partial charge in [-0.15, -0.1) is 0 Å². The zero-order valence-electron chi connectivity index (χ0n) is 12.7. The van der Waals surface area contributed by atoms with Crippen molar-refractivity contribution in [3.05, 3.63) is 29.8 Å². The molecule has 0 atom stereocenters. The van der Waals surface area contributed by atoms with Crippen LogP contribution in [0.3, 0.4) is 0 Å². The summed E-state index contributed by atoms with van der Waals surface area (Å²) >= 11 is 0. The molecule has 0 bridgehead atoms. The van der Waals surface area contributed by atoms with Gasteiger partial charge in [0.2, 0.25) is 5.91 Å². The summed E-state index contributed by atoms with van der Waals surface area (Å²) in [6.45, 7) is 6.70. The highest BCUT2D eigenvalue weighted by molar-refractivity contribution is 5.94. The maximum Gasteiger partial charge on any atom is 0.253 e. The van der Waals surface area contributed by atoms with E-state index in [0.29, 0.717) is 38.3 Å². The van der Waals surface area contributed by atoms with Gasteiger partial charge in [0, 0.05) is 38.7 Å². The number of carbonyl (C=O) groups excluding carboxylic acids is 2. The predicted octanol–water partition coefficient (Wildman–Crippen LogP) is 1.78. The van der Waals surface area contributed by atoms with Crippen molar-refractivity contribution in [2.24, 2.45) is 0 Å². The zero-order chi connectivity index (χ0) is 15.2. The van der Waals surface area contributed by atoms with E-state index in [0.717, 1.165) is 12.2 Å². The molecular formula is C16H22N2O3. The maximum atomic E-state index is 12.4. The van der Waals surface area contributed by atoms with Gasteiger partial charge in [0.15, 0.2) is 0 Å². The molecule has 1 aromatic carbocycles. The lowest BCUT2D eigenvalue weighted by Crippen LogP contribution is -2.50.